The number of hydrazine groups is 1. The third-order valence-electron chi connectivity index (χ3n) is 5.16. The van der Waals surface area contributed by atoms with E-state index in [0.717, 1.165) is 22.8 Å². The average Bonchev–Trinajstić information content (AvgIpc) is 3.26. The first-order valence-corrected chi connectivity index (χ1v) is 11.1. The molecule has 0 aliphatic carbocycles. The lowest BCUT2D eigenvalue weighted by Gasteiger charge is -2.29. The number of rotatable bonds is 5. The molecule has 4 heteroatoms. The fourth-order valence-electron chi connectivity index (χ4n) is 3.56. The van der Waals surface area contributed by atoms with Crippen molar-refractivity contribution in [2.24, 2.45) is 0 Å². The standard InChI is InChI=1S/C26H23N3S/c1-19-7-9-22(10-8-19)27-23-11-13-24(14-12-23)28-29-18-21(20-5-3-2-4-6-20)17-26-25(29)15-16-30-26/h2-15,17-18,27-28H,16H2,1H3. The summed E-state index contributed by atoms with van der Waals surface area (Å²) < 4.78 is 0. The van der Waals surface area contributed by atoms with Crippen LogP contribution in [0, 0.1) is 6.92 Å². The van der Waals surface area contributed by atoms with E-state index in [9.17, 15) is 0 Å². The normalized spacial score (nSPS) is 15.1. The quantitative estimate of drug-likeness (QED) is 0.477. The Morgan fingerprint density at radius 2 is 1.47 bits per heavy atom. The minimum Gasteiger partial charge on any atom is -0.356 e. The molecule has 2 heterocycles. The Morgan fingerprint density at radius 1 is 0.800 bits per heavy atom. The average molecular weight is 410 g/mol. The van der Waals surface area contributed by atoms with Gasteiger partial charge in [0.2, 0.25) is 0 Å². The molecule has 0 saturated heterocycles. The molecule has 2 aliphatic rings. The number of aryl methyl sites for hydroxylation is 1. The molecular weight excluding hydrogens is 386 g/mol. The smallest absolute Gasteiger partial charge is 0.0728 e. The summed E-state index contributed by atoms with van der Waals surface area (Å²) in [6.07, 6.45) is 6.73. The van der Waals surface area contributed by atoms with Gasteiger partial charge in [-0.1, -0.05) is 48.0 Å². The monoisotopic (exact) mass is 409 g/mol. The van der Waals surface area contributed by atoms with Crippen molar-refractivity contribution in [3.8, 4) is 0 Å². The predicted octanol–water partition coefficient (Wildman–Crippen LogP) is 6.94. The Hall–Kier alpha value is -3.37. The summed E-state index contributed by atoms with van der Waals surface area (Å²) in [6.45, 7) is 2.10. The molecule has 5 rings (SSSR count). The van der Waals surface area contributed by atoms with E-state index in [-0.39, 0.29) is 0 Å². The highest BCUT2D eigenvalue weighted by atomic mass is 32.2. The molecule has 2 N–H and O–H groups in total. The molecule has 0 bridgehead atoms. The van der Waals surface area contributed by atoms with E-state index in [2.05, 4.69) is 120 Å². The van der Waals surface area contributed by atoms with Crippen molar-refractivity contribution < 1.29 is 0 Å². The van der Waals surface area contributed by atoms with Crippen molar-refractivity contribution in [1.82, 2.24) is 5.01 Å². The van der Waals surface area contributed by atoms with Gasteiger partial charge in [0.1, 0.15) is 0 Å². The number of hydrogen-bond donors (Lipinski definition) is 2. The van der Waals surface area contributed by atoms with Crippen LogP contribution >= 0.6 is 11.8 Å². The van der Waals surface area contributed by atoms with Crippen molar-refractivity contribution in [3.63, 3.8) is 0 Å². The Balaban J connectivity index is 1.34. The predicted molar refractivity (Wildman–Crippen MR) is 129 cm³/mol. The number of anilines is 3. The topological polar surface area (TPSA) is 27.3 Å². The van der Waals surface area contributed by atoms with Crippen LogP contribution in [0.15, 0.2) is 108 Å². The number of thioether (sulfide) groups is 1. The van der Waals surface area contributed by atoms with Crippen molar-refractivity contribution in [2.75, 3.05) is 16.5 Å². The molecule has 3 aromatic rings. The zero-order chi connectivity index (χ0) is 20.3. The van der Waals surface area contributed by atoms with Crippen LogP contribution in [-0.2, 0) is 0 Å². The maximum Gasteiger partial charge on any atom is 0.0728 e. The lowest BCUT2D eigenvalue weighted by atomic mass is 10.0. The fourth-order valence-corrected chi connectivity index (χ4v) is 4.52. The molecule has 0 fully saturated rings. The van der Waals surface area contributed by atoms with Gasteiger partial charge in [-0.3, -0.25) is 10.4 Å². The number of nitrogens with one attached hydrogen (secondary N) is 2. The van der Waals surface area contributed by atoms with Gasteiger partial charge in [0.05, 0.1) is 11.4 Å². The molecule has 3 nitrogen and oxygen atoms in total. The van der Waals surface area contributed by atoms with Gasteiger partial charge in [-0.05, 0) is 61.0 Å². The van der Waals surface area contributed by atoms with E-state index in [1.54, 1.807) is 0 Å². The minimum atomic E-state index is 1.01. The first-order chi connectivity index (χ1) is 14.7. The molecule has 0 atom stereocenters. The van der Waals surface area contributed by atoms with Crippen molar-refractivity contribution in [1.29, 1.82) is 0 Å². The van der Waals surface area contributed by atoms with Crippen LogP contribution in [0.5, 0.6) is 0 Å². The van der Waals surface area contributed by atoms with Gasteiger partial charge in [0.25, 0.3) is 0 Å². The van der Waals surface area contributed by atoms with Crippen LogP contribution < -0.4 is 10.7 Å². The molecule has 0 aromatic heterocycles. The maximum absolute atomic E-state index is 3.56. The van der Waals surface area contributed by atoms with Gasteiger partial charge in [-0.2, -0.15) is 0 Å². The summed E-state index contributed by atoms with van der Waals surface area (Å²) in [5.41, 5.74) is 11.7. The summed E-state index contributed by atoms with van der Waals surface area (Å²) in [4.78, 5) is 1.31. The van der Waals surface area contributed by atoms with Gasteiger partial charge >= 0.3 is 0 Å². The second kappa shape index (κ2) is 8.17. The van der Waals surface area contributed by atoms with Crippen molar-refractivity contribution in [3.05, 3.63) is 119 Å². The second-order valence-electron chi connectivity index (χ2n) is 7.41. The first kappa shape index (κ1) is 18.6. The number of benzene rings is 3. The SMILES string of the molecule is Cc1ccc(Nc2ccc(NN3C=C(c4ccccc4)C=C4SCC=C43)cc2)cc1. The van der Waals surface area contributed by atoms with E-state index in [4.69, 9.17) is 0 Å². The first-order valence-electron chi connectivity index (χ1n) is 10.1. The summed E-state index contributed by atoms with van der Waals surface area (Å²) in [7, 11) is 0. The molecule has 0 unspecified atom stereocenters. The molecule has 0 amide bonds. The van der Waals surface area contributed by atoms with Crippen LogP contribution in [-0.4, -0.2) is 10.8 Å². The summed E-state index contributed by atoms with van der Waals surface area (Å²) >= 11 is 1.88. The van der Waals surface area contributed by atoms with Gasteiger partial charge in [-0.25, -0.2) is 0 Å². The molecule has 0 spiro atoms. The largest absolute Gasteiger partial charge is 0.356 e. The zero-order valence-corrected chi connectivity index (χ0v) is 17.6. The molecule has 3 aromatic carbocycles. The number of allylic oxidation sites excluding steroid dienone is 2. The summed E-state index contributed by atoms with van der Waals surface area (Å²) in [5, 5.41) is 5.59. The van der Waals surface area contributed by atoms with Crippen LogP contribution in [0.2, 0.25) is 0 Å². The van der Waals surface area contributed by atoms with Gasteiger partial charge < -0.3 is 5.32 Å². The summed E-state index contributed by atoms with van der Waals surface area (Å²) in [5.74, 6) is 1.01. The third-order valence-corrected chi connectivity index (χ3v) is 6.14. The van der Waals surface area contributed by atoms with Crippen molar-refractivity contribution in [2.45, 2.75) is 6.92 Å². The van der Waals surface area contributed by atoms with Gasteiger partial charge in [0, 0.05) is 33.8 Å². The van der Waals surface area contributed by atoms with E-state index in [1.165, 1.54) is 27.3 Å². The second-order valence-corrected chi connectivity index (χ2v) is 8.47. The molecule has 0 radical (unpaired) electrons. The number of nitrogens with zero attached hydrogens (tertiary/aromatic N) is 1. The molecular formula is C26H23N3S. The van der Waals surface area contributed by atoms with Crippen molar-refractivity contribution >= 4 is 34.4 Å². The van der Waals surface area contributed by atoms with E-state index >= 15 is 0 Å². The Labute approximate surface area is 181 Å². The summed E-state index contributed by atoms with van der Waals surface area (Å²) in [6, 6.07) is 27.4. The molecule has 30 heavy (non-hydrogen) atoms. The van der Waals surface area contributed by atoms with Crippen LogP contribution in [0.25, 0.3) is 5.57 Å². The highest BCUT2D eigenvalue weighted by molar-refractivity contribution is 8.03. The van der Waals surface area contributed by atoms with E-state index in [0.29, 0.717) is 0 Å². The molecule has 148 valence electrons. The van der Waals surface area contributed by atoms with E-state index < -0.39 is 0 Å². The van der Waals surface area contributed by atoms with Gasteiger partial charge in [-0.15, -0.1) is 11.8 Å². The van der Waals surface area contributed by atoms with Crippen LogP contribution in [0.3, 0.4) is 0 Å². The third kappa shape index (κ3) is 4.00. The highest BCUT2D eigenvalue weighted by Gasteiger charge is 2.23. The maximum atomic E-state index is 3.56. The zero-order valence-electron chi connectivity index (χ0n) is 16.8. The minimum absolute atomic E-state index is 1.01. The molecule has 0 saturated carbocycles. The lowest BCUT2D eigenvalue weighted by molar-refractivity contribution is 0.572. The Morgan fingerprint density at radius 3 is 2.20 bits per heavy atom. The number of fused-ring (bicyclic) bond motifs is 1. The van der Waals surface area contributed by atoms with Crippen LogP contribution in [0.1, 0.15) is 11.1 Å². The van der Waals surface area contributed by atoms with E-state index in [1.807, 2.05) is 11.8 Å². The number of hydrogen-bond acceptors (Lipinski definition) is 4. The van der Waals surface area contributed by atoms with Gasteiger partial charge in [0.15, 0.2) is 0 Å². The lowest BCUT2D eigenvalue weighted by Crippen LogP contribution is -2.25. The van der Waals surface area contributed by atoms with Crippen LogP contribution in [0.4, 0.5) is 17.1 Å². The highest BCUT2D eigenvalue weighted by Crippen LogP contribution is 2.40. The Kier molecular flexibility index (Phi) is 5.08. The Bertz CT molecular complexity index is 1130. The fraction of sp³-hybridized carbons (Fsp3) is 0.0769. The molecule has 2 aliphatic heterocycles.